The van der Waals surface area contributed by atoms with E-state index in [9.17, 15) is 4.79 Å². The van der Waals surface area contributed by atoms with E-state index in [-0.39, 0.29) is 6.03 Å². The Morgan fingerprint density at radius 3 is 2.96 bits per heavy atom. The van der Waals surface area contributed by atoms with E-state index < -0.39 is 0 Å². The van der Waals surface area contributed by atoms with Crippen LogP contribution in [0.1, 0.15) is 18.4 Å². The van der Waals surface area contributed by atoms with Crippen molar-refractivity contribution < 1.29 is 9.53 Å². The molecule has 1 N–H and O–H groups in total. The van der Waals surface area contributed by atoms with Gasteiger partial charge in [0.2, 0.25) is 0 Å². The Morgan fingerprint density at radius 2 is 2.16 bits per heavy atom. The van der Waals surface area contributed by atoms with Gasteiger partial charge >= 0.3 is 6.03 Å². The van der Waals surface area contributed by atoms with Crippen molar-refractivity contribution in [1.82, 2.24) is 10.2 Å². The maximum absolute atomic E-state index is 12.6. The smallest absolute Gasteiger partial charge is 0.317 e. The molecule has 1 saturated heterocycles. The van der Waals surface area contributed by atoms with E-state index >= 15 is 0 Å². The number of urea groups is 1. The lowest BCUT2D eigenvalue weighted by Crippen LogP contribution is -2.45. The van der Waals surface area contributed by atoms with Crippen LogP contribution < -0.4 is 10.1 Å². The lowest BCUT2D eigenvalue weighted by atomic mass is 10.0. The average Bonchev–Trinajstić information content (AvgIpc) is 2.66. The van der Waals surface area contributed by atoms with Gasteiger partial charge in [-0.25, -0.2) is 4.79 Å². The van der Waals surface area contributed by atoms with Crippen molar-refractivity contribution in [3.05, 3.63) is 42.0 Å². The van der Waals surface area contributed by atoms with Crippen LogP contribution in [0.15, 0.2) is 36.4 Å². The second kappa shape index (κ2) is 8.48. The quantitative estimate of drug-likeness (QED) is 0.874. The monoisotopic (exact) mass is 358 g/mol. The molecule has 2 aromatic rings. The fourth-order valence-electron chi connectivity index (χ4n) is 3.59. The van der Waals surface area contributed by atoms with Crippen LogP contribution in [-0.2, 0) is 6.54 Å². The lowest BCUT2D eigenvalue weighted by molar-refractivity contribution is 0.170. The number of thioether (sulfide) groups is 1. The summed E-state index contributed by atoms with van der Waals surface area (Å²) in [6.07, 6.45) is 4.45. The Morgan fingerprint density at radius 1 is 1.32 bits per heavy atom. The van der Waals surface area contributed by atoms with Crippen LogP contribution in [0.2, 0.25) is 0 Å². The van der Waals surface area contributed by atoms with Crippen molar-refractivity contribution in [2.45, 2.75) is 19.4 Å². The molecule has 3 rings (SSSR count). The number of likely N-dealkylation sites (tertiary alicyclic amines) is 1. The maximum Gasteiger partial charge on any atom is 0.317 e. The van der Waals surface area contributed by atoms with Gasteiger partial charge in [0.15, 0.2) is 0 Å². The summed E-state index contributed by atoms with van der Waals surface area (Å²) in [6, 6.07) is 12.3. The molecular weight excluding hydrogens is 332 g/mol. The van der Waals surface area contributed by atoms with Crippen molar-refractivity contribution in [2.75, 3.05) is 32.2 Å². The van der Waals surface area contributed by atoms with Crippen molar-refractivity contribution in [3.63, 3.8) is 0 Å². The predicted molar refractivity (Wildman–Crippen MR) is 105 cm³/mol. The summed E-state index contributed by atoms with van der Waals surface area (Å²) in [5.41, 5.74) is 1.03. The van der Waals surface area contributed by atoms with Gasteiger partial charge in [-0.15, -0.1) is 0 Å². The Bertz CT molecular complexity index is 733. The summed E-state index contributed by atoms with van der Waals surface area (Å²) in [6.45, 7) is 2.19. The highest BCUT2D eigenvalue weighted by molar-refractivity contribution is 7.98. The van der Waals surface area contributed by atoms with Gasteiger partial charge < -0.3 is 15.0 Å². The van der Waals surface area contributed by atoms with Crippen LogP contribution >= 0.6 is 11.8 Å². The maximum atomic E-state index is 12.6. The first-order valence-corrected chi connectivity index (χ1v) is 10.2. The summed E-state index contributed by atoms with van der Waals surface area (Å²) >= 11 is 1.86. The fourth-order valence-corrected chi connectivity index (χ4v) is 4.33. The van der Waals surface area contributed by atoms with Crippen LogP contribution in [0.25, 0.3) is 10.8 Å². The zero-order valence-electron chi connectivity index (χ0n) is 15.0. The number of nitrogens with zero attached hydrogens (tertiary/aromatic N) is 1. The molecule has 0 bridgehead atoms. The fraction of sp³-hybridized carbons (Fsp3) is 0.450. The first kappa shape index (κ1) is 17.9. The highest BCUT2D eigenvalue weighted by Gasteiger charge is 2.23. The van der Waals surface area contributed by atoms with E-state index in [2.05, 4.69) is 29.8 Å². The molecule has 0 aromatic heterocycles. The molecule has 1 heterocycles. The standard InChI is InChI=1S/C20H26N2O2S/c1-24-19-10-9-16-7-3-4-8-17(16)18(19)12-21-20(23)22-11-5-6-15(13-22)14-25-2/h3-4,7-10,15H,5-6,11-14H2,1-2H3,(H,21,23). The number of rotatable bonds is 5. The largest absolute Gasteiger partial charge is 0.496 e. The number of hydrogen-bond acceptors (Lipinski definition) is 3. The predicted octanol–water partition coefficient (Wildman–Crippen LogP) is 4.13. The van der Waals surface area contributed by atoms with Crippen LogP contribution in [0.3, 0.4) is 0 Å². The van der Waals surface area contributed by atoms with Gasteiger partial charge in [0, 0.05) is 25.2 Å². The van der Waals surface area contributed by atoms with E-state index in [4.69, 9.17) is 4.74 Å². The first-order chi connectivity index (χ1) is 12.2. The molecule has 1 fully saturated rings. The molecule has 1 atom stereocenters. The second-order valence-corrected chi connectivity index (χ2v) is 7.45. The Balaban J connectivity index is 1.70. The molecule has 0 spiro atoms. The van der Waals surface area contributed by atoms with Gasteiger partial charge in [-0.05, 0) is 47.6 Å². The summed E-state index contributed by atoms with van der Waals surface area (Å²) in [5.74, 6) is 2.56. The van der Waals surface area contributed by atoms with Crippen molar-refractivity contribution in [1.29, 1.82) is 0 Å². The number of carbonyl (C=O) groups excluding carboxylic acids is 1. The highest BCUT2D eigenvalue weighted by Crippen LogP contribution is 2.28. The van der Waals surface area contributed by atoms with Crippen molar-refractivity contribution >= 4 is 28.6 Å². The number of ether oxygens (including phenoxy) is 1. The number of benzene rings is 2. The minimum atomic E-state index is 0.0285. The molecule has 1 aliphatic rings. The van der Waals surface area contributed by atoms with Crippen LogP contribution in [0.5, 0.6) is 5.75 Å². The third-order valence-electron chi connectivity index (χ3n) is 4.84. The van der Waals surface area contributed by atoms with E-state index in [0.717, 1.165) is 47.3 Å². The molecule has 25 heavy (non-hydrogen) atoms. The van der Waals surface area contributed by atoms with Crippen molar-refractivity contribution in [2.24, 2.45) is 5.92 Å². The number of nitrogens with one attached hydrogen (secondary N) is 1. The normalized spacial score (nSPS) is 17.5. The number of methoxy groups -OCH3 is 1. The number of hydrogen-bond donors (Lipinski definition) is 1. The van der Waals surface area contributed by atoms with Gasteiger partial charge in [-0.2, -0.15) is 11.8 Å². The first-order valence-electron chi connectivity index (χ1n) is 8.79. The second-order valence-electron chi connectivity index (χ2n) is 6.54. The Labute approximate surface area is 153 Å². The Kier molecular flexibility index (Phi) is 6.08. The van der Waals surface area contributed by atoms with E-state index in [1.807, 2.05) is 34.9 Å². The molecule has 0 aliphatic carbocycles. The molecule has 0 saturated carbocycles. The molecule has 0 radical (unpaired) electrons. The van der Waals surface area contributed by atoms with Crippen LogP contribution in [-0.4, -0.2) is 43.1 Å². The summed E-state index contributed by atoms with van der Waals surface area (Å²) in [7, 11) is 1.67. The molecule has 1 aliphatic heterocycles. The number of amides is 2. The third kappa shape index (κ3) is 4.21. The van der Waals surface area contributed by atoms with Crippen LogP contribution in [0, 0.1) is 5.92 Å². The molecule has 1 unspecified atom stereocenters. The molecule has 2 amide bonds. The Hall–Kier alpha value is -1.88. The minimum absolute atomic E-state index is 0.0285. The summed E-state index contributed by atoms with van der Waals surface area (Å²) in [5, 5.41) is 5.38. The zero-order chi connectivity index (χ0) is 17.6. The van der Waals surface area contributed by atoms with Crippen molar-refractivity contribution in [3.8, 4) is 5.75 Å². The number of fused-ring (bicyclic) bond motifs is 1. The topological polar surface area (TPSA) is 41.6 Å². The molecule has 4 nitrogen and oxygen atoms in total. The number of piperidine rings is 1. The van der Waals surface area contributed by atoms with Gasteiger partial charge in [0.25, 0.3) is 0 Å². The van der Waals surface area contributed by atoms with E-state index in [1.165, 1.54) is 6.42 Å². The van der Waals surface area contributed by atoms with E-state index in [0.29, 0.717) is 12.5 Å². The lowest BCUT2D eigenvalue weighted by Gasteiger charge is -2.32. The van der Waals surface area contributed by atoms with Gasteiger partial charge in [-0.3, -0.25) is 0 Å². The third-order valence-corrected chi connectivity index (χ3v) is 5.65. The SMILES string of the molecule is COc1ccc2ccccc2c1CNC(=O)N1CCCC(CSC)C1. The number of carbonyl (C=O) groups is 1. The van der Waals surface area contributed by atoms with Gasteiger partial charge in [-0.1, -0.05) is 30.3 Å². The van der Waals surface area contributed by atoms with E-state index in [1.54, 1.807) is 7.11 Å². The molecule has 2 aromatic carbocycles. The molecular formula is C20H26N2O2S. The van der Waals surface area contributed by atoms with Crippen LogP contribution in [0.4, 0.5) is 4.79 Å². The molecule has 134 valence electrons. The zero-order valence-corrected chi connectivity index (χ0v) is 15.8. The highest BCUT2D eigenvalue weighted by atomic mass is 32.2. The minimum Gasteiger partial charge on any atom is -0.496 e. The van der Waals surface area contributed by atoms with Gasteiger partial charge in [0.05, 0.1) is 7.11 Å². The summed E-state index contributed by atoms with van der Waals surface area (Å²) in [4.78, 5) is 14.6. The molecule has 5 heteroatoms. The average molecular weight is 359 g/mol. The summed E-state index contributed by atoms with van der Waals surface area (Å²) < 4.78 is 5.51. The van der Waals surface area contributed by atoms with Gasteiger partial charge in [0.1, 0.15) is 5.75 Å².